The lowest BCUT2D eigenvalue weighted by atomic mass is 10.1. The summed E-state index contributed by atoms with van der Waals surface area (Å²) in [6.07, 6.45) is 2.65. The van der Waals surface area contributed by atoms with Gasteiger partial charge in [-0.3, -0.25) is 9.89 Å². The van der Waals surface area contributed by atoms with Crippen LogP contribution in [-0.4, -0.2) is 55.5 Å². The Balaban J connectivity index is 0.00000161. The highest BCUT2D eigenvalue weighted by Crippen LogP contribution is 2.24. The molecule has 1 fully saturated rings. The van der Waals surface area contributed by atoms with Gasteiger partial charge < -0.3 is 10.2 Å². The number of aliphatic imine (C=N–C) groups is 1. The minimum Gasteiger partial charge on any atom is -0.354 e. The minimum atomic E-state index is 0. The van der Waals surface area contributed by atoms with Gasteiger partial charge in [0.15, 0.2) is 5.96 Å². The second kappa shape index (κ2) is 7.98. The highest BCUT2D eigenvalue weighted by Gasteiger charge is 2.24. The minimum absolute atomic E-state index is 0. The highest BCUT2D eigenvalue weighted by atomic mass is 127. The van der Waals surface area contributed by atoms with Crippen molar-refractivity contribution >= 4 is 29.9 Å². The van der Waals surface area contributed by atoms with E-state index in [1.165, 1.54) is 31.5 Å². The number of guanidine groups is 1. The fourth-order valence-electron chi connectivity index (χ4n) is 3.10. The van der Waals surface area contributed by atoms with E-state index in [0.717, 1.165) is 25.6 Å². The van der Waals surface area contributed by atoms with Gasteiger partial charge in [-0.15, -0.1) is 24.0 Å². The van der Waals surface area contributed by atoms with Crippen LogP contribution in [0.2, 0.25) is 0 Å². The van der Waals surface area contributed by atoms with E-state index >= 15 is 0 Å². The molecule has 1 unspecified atom stereocenters. The van der Waals surface area contributed by atoms with Crippen LogP contribution < -0.4 is 5.32 Å². The van der Waals surface area contributed by atoms with Gasteiger partial charge >= 0.3 is 0 Å². The highest BCUT2D eigenvalue weighted by molar-refractivity contribution is 14.0. The zero-order valence-corrected chi connectivity index (χ0v) is 15.0. The molecule has 116 valence electrons. The van der Waals surface area contributed by atoms with Crippen molar-refractivity contribution < 1.29 is 0 Å². The van der Waals surface area contributed by atoms with Gasteiger partial charge in [-0.1, -0.05) is 30.3 Å². The Bertz CT molecular complexity index is 457. The van der Waals surface area contributed by atoms with Crippen molar-refractivity contribution in [3.05, 3.63) is 35.9 Å². The maximum absolute atomic E-state index is 4.52. The van der Waals surface area contributed by atoms with Crippen LogP contribution in [0.5, 0.6) is 0 Å². The lowest BCUT2D eigenvalue weighted by molar-refractivity contribution is 0.244. The van der Waals surface area contributed by atoms with Crippen LogP contribution in [0.4, 0.5) is 0 Å². The third-order valence-corrected chi connectivity index (χ3v) is 4.28. The van der Waals surface area contributed by atoms with Gasteiger partial charge in [0.05, 0.1) is 12.6 Å². The predicted octanol–water partition coefficient (Wildman–Crippen LogP) is 2.33. The van der Waals surface area contributed by atoms with Gasteiger partial charge in [0.1, 0.15) is 0 Å². The lowest BCUT2D eigenvalue weighted by Crippen LogP contribution is -2.41. The van der Waals surface area contributed by atoms with Gasteiger partial charge in [-0.05, 0) is 31.5 Å². The van der Waals surface area contributed by atoms with Crippen LogP contribution in [0.1, 0.15) is 24.4 Å². The fourth-order valence-corrected chi connectivity index (χ4v) is 3.10. The van der Waals surface area contributed by atoms with E-state index in [4.69, 9.17) is 0 Å². The molecule has 2 aliphatic heterocycles. The summed E-state index contributed by atoms with van der Waals surface area (Å²) in [7, 11) is 2.10. The first kappa shape index (κ1) is 16.5. The molecule has 5 heteroatoms. The van der Waals surface area contributed by atoms with Gasteiger partial charge in [-0.2, -0.15) is 0 Å². The van der Waals surface area contributed by atoms with Gasteiger partial charge in [0.25, 0.3) is 0 Å². The summed E-state index contributed by atoms with van der Waals surface area (Å²) in [5.74, 6) is 1.05. The topological polar surface area (TPSA) is 30.9 Å². The second-order valence-corrected chi connectivity index (χ2v) is 5.68. The first-order valence-electron chi connectivity index (χ1n) is 7.63. The van der Waals surface area contributed by atoms with Crippen LogP contribution in [-0.2, 0) is 0 Å². The van der Waals surface area contributed by atoms with Gasteiger partial charge in [0.2, 0.25) is 0 Å². The third kappa shape index (κ3) is 4.10. The summed E-state index contributed by atoms with van der Waals surface area (Å²) in [5.41, 5.74) is 1.41. The molecule has 0 radical (unpaired) electrons. The fraction of sp³-hybridized carbons (Fsp3) is 0.562. The van der Waals surface area contributed by atoms with Crippen molar-refractivity contribution in [3.63, 3.8) is 0 Å². The van der Waals surface area contributed by atoms with E-state index in [2.05, 4.69) is 57.5 Å². The summed E-state index contributed by atoms with van der Waals surface area (Å²) in [4.78, 5) is 9.32. The number of nitrogens with one attached hydrogen (secondary N) is 1. The molecule has 0 amide bonds. The Morgan fingerprint density at radius 3 is 2.48 bits per heavy atom. The van der Waals surface area contributed by atoms with Crippen molar-refractivity contribution in [1.29, 1.82) is 0 Å². The van der Waals surface area contributed by atoms with Crippen molar-refractivity contribution in [2.75, 3.05) is 39.8 Å². The van der Waals surface area contributed by atoms with E-state index in [9.17, 15) is 0 Å². The van der Waals surface area contributed by atoms with Crippen molar-refractivity contribution in [3.8, 4) is 0 Å². The molecule has 2 aliphatic rings. The molecule has 0 saturated carbocycles. The van der Waals surface area contributed by atoms with Crippen molar-refractivity contribution in [2.45, 2.75) is 18.9 Å². The van der Waals surface area contributed by atoms with Crippen LogP contribution >= 0.6 is 24.0 Å². The summed E-state index contributed by atoms with van der Waals surface area (Å²) < 4.78 is 0. The quantitative estimate of drug-likeness (QED) is 0.788. The van der Waals surface area contributed by atoms with E-state index in [0.29, 0.717) is 6.04 Å². The number of hydrogen-bond acceptors (Lipinski definition) is 4. The van der Waals surface area contributed by atoms with E-state index in [-0.39, 0.29) is 24.0 Å². The largest absolute Gasteiger partial charge is 0.354 e. The molecule has 1 aromatic rings. The molecule has 0 aromatic heterocycles. The summed E-state index contributed by atoms with van der Waals surface area (Å²) in [5, 5.41) is 3.54. The molecule has 1 N–H and O–H groups in total. The lowest BCUT2D eigenvalue weighted by Gasteiger charge is -2.29. The van der Waals surface area contributed by atoms with E-state index in [1.807, 2.05) is 0 Å². The number of likely N-dealkylation sites (tertiary alicyclic amines) is 1. The van der Waals surface area contributed by atoms with Crippen LogP contribution in [0.3, 0.4) is 0 Å². The smallest absolute Gasteiger partial charge is 0.193 e. The SMILES string of the molecule is CN1CCN=C1NCC(c1ccccc1)N1CCCC1.I. The Labute approximate surface area is 144 Å². The number of hydrogen-bond donors (Lipinski definition) is 1. The summed E-state index contributed by atoms with van der Waals surface area (Å²) in [6.45, 7) is 5.31. The Morgan fingerprint density at radius 2 is 1.86 bits per heavy atom. The molecular weight excluding hydrogens is 375 g/mol. The maximum atomic E-state index is 4.52. The zero-order valence-electron chi connectivity index (χ0n) is 12.7. The van der Waals surface area contributed by atoms with Crippen LogP contribution in [0.25, 0.3) is 0 Å². The van der Waals surface area contributed by atoms with Crippen LogP contribution in [0.15, 0.2) is 35.3 Å². The average molecular weight is 400 g/mol. The molecular formula is C16H25IN4. The van der Waals surface area contributed by atoms with Crippen LogP contribution in [0, 0.1) is 0 Å². The molecule has 4 nitrogen and oxygen atoms in total. The second-order valence-electron chi connectivity index (χ2n) is 5.68. The molecule has 0 aliphatic carbocycles. The van der Waals surface area contributed by atoms with Gasteiger partial charge in [-0.25, -0.2) is 0 Å². The predicted molar refractivity (Wildman–Crippen MR) is 98.3 cm³/mol. The van der Waals surface area contributed by atoms with E-state index < -0.39 is 0 Å². The molecule has 0 bridgehead atoms. The number of rotatable bonds is 4. The molecule has 1 atom stereocenters. The molecule has 1 saturated heterocycles. The number of likely N-dealkylation sites (N-methyl/N-ethyl adjacent to an activating group) is 1. The molecule has 1 aromatic carbocycles. The molecule has 2 heterocycles. The van der Waals surface area contributed by atoms with Crippen molar-refractivity contribution in [2.24, 2.45) is 4.99 Å². The summed E-state index contributed by atoms with van der Waals surface area (Å²) >= 11 is 0. The van der Waals surface area contributed by atoms with Crippen molar-refractivity contribution in [1.82, 2.24) is 15.1 Å². The average Bonchev–Trinajstić information content (AvgIpc) is 3.13. The Kier molecular flexibility index (Phi) is 6.29. The van der Waals surface area contributed by atoms with E-state index in [1.54, 1.807) is 0 Å². The zero-order chi connectivity index (χ0) is 13.8. The number of benzene rings is 1. The standard InChI is InChI=1S/C16H24N4.HI/c1-19-12-9-17-16(19)18-13-15(20-10-5-6-11-20)14-7-3-2-4-8-14;/h2-4,7-8,15H,5-6,9-13H2,1H3,(H,17,18);1H. The Morgan fingerprint density at radius 1 is 1.14 bits per heavy atom. The first-order chi connectivity index (χ1) is 9.84. The number of halogens is 1. The normalized spacial score (nSPS) is 20.0. The Hall–Kier alpha value is -0.820. The summed E-state index contributed by atoms with van der Waals surface area (Å²) in [6, 6.07) is 11.3. The molecule has 21 heavy (non-hydrogen) atoms. The van der Waals surface area contributed by atoms with Gasteiger partial charge in [0, 0.05) is 20.1 Å². The monoisotopic (exact) mass is 400 g/mol. The molecule has 0 spiro atoms. The third-order valence-electron chi connectivity index (χ3n) is 4.28. The molecule has 3 rings (SSSR count). The number of nitrogens with zero attached hydrogens (tertiary/aromatic N) is 3. The first-order valence-corrected chi connectivity index (χ1v) is 7.63. The maximum Gasteiger partial charge on any atom is 0.193 e.